The van der Waals surface area contributed by atoms with Crippen LogP contribution in [0.2, 0.25) is 0 Å². The molecule has 0 atom stereocenters. The summed E-state index contributed by atoms with van der Waals surface area (Å²) in [5, 5.41) is 10.6. The Hall–Kier alpha value is -2.21. The fraction of sp³-hybridized carbons (Fsp3) is 0.0833. The Morgan fingerprint density at radius 1 is 1.22 bits per heavy atom. The summed E-state index contributed by atoms with van der Waals surface area (Å²) in [6.45, 7) is 0. The summed E-state index contributed by atoms with van der Waals surface area (Å²) in [5.41, 5.74) is 1.21. The maximum atomic E-state index is 9.88. The predicted molar refractivity (Wildman–Crippen MR) is 68.9 cm³/mol. The Kier molecular flexibility index (Phi) is 2.56. The minimum Gasteiger partial charge on any atom is -0.507 e. The van der Waals surface area contributed by atoms with Gasteiger partial charge in [0, 0.05) is 12.4 Å². The van der Waals surface area contributed by atoms with Crippen LogP contribution in [-0.2, 0) is 0 Å². The van der Waals surface area contributed by atoms with Crippen molar-refractivity contribution in [3.05, 3.63) is 30.6 Å². The number of phenolic OH excluding ortho intramolecular Hbond substituents is 1. The average Bonchev–Trinajstić information content (AvgIpc) is 2.82. The zero-order valence-corrected chi connectivity index (χ0v) is 10.3. The van der Waals surface area contributed by atoms with Crippen molar-refractivity contribution in [1.29, 1.82) is 0 Å². The maximum absolute atomic E-state index is 9.88. The highest BCUT2D eigenvalue weighted by molar-refractivity contribution is 7.21. The number of aromatic hydroxyl groups is 1. The number of phenols is 1. The molecule has 5 nitrogen and oxygen atoms in total. The van der Waals surface area contributed by atoms with Gasteiger partial charge in [-0.2, -0.15) is 0 Å². The van der Waals surface area contributed by atoms with E-state index < -0.39 is 0 Å². The molecule has 1 aromatic carbocycles. The number of ether oxygens (including phenoxy) is 1. The van der Waals surface area contributed by atoms with Crippen LogP contribution in [0.4, 0.5) is 0 Å². The van der Waals surface area contributed by atoms with Gasteiger partial charge in [-0.05, 0) is 18.2 Å². The lowest BCUT2D eigenvalue weighted by atomic mass is 10.2. The summed E-state index contributed by atoms with van der Waals surface area (Å²) in [6, 6.07) is 5.02. The third-order valence-electron chi connectivity index (χ3n) is 2.48. The topological polar surface area (TPSA) is 68.1 Å². The molecule has 6 heteroatoms. The second-order valence-corrected chi connectivity index (χ2v) is 4.56. The predicted octanol–water partition coefficient (Wildman–Crippen LogP) is 2.47. The lowest BCUT2D eigenvalue weighted by Gasteiger charge is -2.03. The Labute approximate surface area is 107 Å². The van der Waals surface area contributed by atoms with Gasteiger partial charge in [0.25, 0.3) is 0 Å². The number of fused-ring (bicyclic) bond motifs is 1. The van der Waals surface area contributed by atoms with Crippen molar-refractivity contribution < 1.29 is 9.84 Å². The fourth-order valence-corrected chi connectivity index (χ4v) is 2.50. The number of methoxy groups -OCH3 is 1. The van der Waals surface area contributed by atoms with Gasteiger partial charge < -0.3 is 9.84 Å². The second-order valence-electron chi connectivity index (χ2n) is 3.59. The maximum Gasteiger partial charge on any atom is 0.190 e. The van der Waals surface area contributed by atoms with E-state index in [1.54, 1.807) is 37.7 Å². The van der Waals surface area contributed by atoms with Crippen LogP contribution in [-0.4, -0.2) is 27.2 Å². The van der Waals surface area contributed by atoms with Gasteiger partial charge in [0.1, 0.15) is 16.5 Å². The highest BCUT2D eigenvalue weighted by atomic mass is 32.1. The molecule has 0 saturated heterocycles. The van der Waals surface area contributed by atoms with Crippen LogP contribution >= 0.6 is 11.3 Å². The lowest BCUT2D eigenvalue weighted by molar-refractivity contribution is 0.412. The number of aromatic nitrogens is 3. The van der Waals surface area contributed by atoms with E-state index in [0.29, 0.717) is 22.0 Å². The molecule has 0 aliphatic carbocycles. The van der Waals surface area contributed by atoms with Gasteiger partial charge in [0.2, 0.25) is 0 Å². The molecular weight excluding hydrogens is 250 g/mol. The highest BCUT2D eigenvalue weighted by Crippen LogP contribution is 2.36. The van der Waals surface area contributed by atoms with Crippen molar-refractivity contribution in [1.82, 2.24) is 15.0 Å². The molecule has 3 rings (SSSR count). The number of thiazole rings is 1. The van der Waals surface area contributed by atoms with Crippen LogP contribution in [0.25, 0.3) is 21.0 Å². The molecule has 18 heavy (non-hydrogen) atoms. The number of hydrogen-bond acceptors (Lipinski definition) is 6. The molecule has 0 aliphatic heterocycles. The molecule has 2 aromatic heterocycles. The van der Waals surface area contributed by atoms with Crippen LogP contribution in [0, 0.1) is 0 Å². The van der Waals surface area contributed by atoms with E-state index in [0.717, 1.165) is 4.83 Å². The van der Waals surface area contributed by atoms with Gasteiger partial charge in [-0.15, -0.1) is 0 Å². The van der Waals surface area contributed by atoms with Crippen molar-refractivity contribution in [2.45, 2.75) is 0 Å². The first-order valence-corrected chi connectivity index (χ1v) is 6.04. The summed E-state index contributed by atoms with van der Waals surface area (Å²) in [6.07, 6.45) is 3.22. The van der Waals surface area contributed by atoms with Gasteiger partial charge in [0.05, 0.1) is 12.7 Å². The molecule has 0 unspecified atom stereocenters. The molecular formula is C12H9N3O2S. The van der Waals surface area contributed by atoms with Crippen LogP contribution in [0.3, 0.4) is 0 Å². The molecule has 0 saturated carbocycles. The summed E-state index contributed by atoms with van der Waals surface area (Å²) in [5.74, 6) is 0.831. The second kappa shape index (κ2) is 4.23. The quantitative estimate of drug-likeness (QED) is 0.765. The normalized spacial score (nSPS) is 10.7. The Balaban J connectivity index is 2.19. The average molecular weight is 259 g/mol. The monoisotopic (exact) mass is 259 g/mol. The summed E-state index contributed by atoms with van der Waals surface area (Å²) >= 11 is 1.38. The molecule has 1 N–H and O–H groups in total. The third-order valence-corrected chi connectivity index (χ3v) is 3.47. The Bertz CT molecular complexity index is 678. The summed E-state index contributed by atoms with van der Waals surface area (Å²) < 4.78 is 5.14. The van der Waals surface area contributed by atoms with Crippen LogP contribution in [0.15, 0.2) is 30.6 Å². The zero-order valence-electron chi connectivity index (χ0n) is 9.49. The van der Waals surface area contributed by atoms with E-state index in [9.17, 15) is 5.11 Å². The number of rotatable bonds is 2. The highest BCUT2D eigenvalue weighted by Gasteiger charge is 2.12. The molecule has 2 heterocycles. The van der Waals surface area contributed by atoms with Gasteiger partial charge in [-0.25, -0.2) is 15.0 Å². The molecule has 0 aliphatic rings. The number of benzene rings is 1. The van der Waals surface area contributed by atoms with Gasteiger partial charge >= 0.3 is 0 Å². The third kappa shape index (κ3) is 1.76. The molecule has 0 radical (unpaired) electrons. The largest absolute Gasteiger partial charge is 0.507 e. The first kappa shape index (κ1) is 10.9. The smallest absolute Gasteiger partial charge is 0.190 e. The molecule has 0 bridgehead atoms. The molecule has 0 amide bonds. The first-order valence-electron chi connectivity index (χ1n) is 5.23. The standard InChI is InChI=1S/C12H9N3O2S/c1-17-7-2-3-9(16)8(6-7)11-15-10-12(18-11)14-5-4-13-10/h2-6,16H,1H3. The van der Waals surface area contributed by atoms with E-state index in [1.165, 1.54) is 11.3 Å². The lowest BCUT2D eigenvalue weighted by Crippen LogP contribution is -1.84. The number of nitrogens with zero attached hydrogens (tertiary/aromatic N) is 3. The SMILES string of the molecule is COc1ccc(O)c(-c2nc3nccnc3s2)c1. The van der Waals surface area contributed by atoms with Crippen molar-refractivity contribution in [3.63, 3.8) is 0 Å². The zero-order chi connectivity index (χ0) is 12.5. The van der Waals surface area contributed by atoms with E-state index in [1.807, 2.05) is 0 Å². The van der Waals surface area contributed by atoms with E-state index in [4.69, 9.17) is 4.74 Å². The van der Waals surface area contributed by atoms with Crippen molar-refractivity contribution in [3.8, 4) is 22.1 Å². The van der Waals surface area contributed by atoms with Crippen molar-refractivity contribution in [2.24, 2.45) is 0 Å². The van der Waals surface area contributed by atoms with E-state index >= 15 is 0 Å². The minimum atomic E-state index is 0.162. The van der Waals surface area contributed by atoms with E-state index in [2.05, 4.69) is 15.0 Å². The van der Waals surface area contributed by atoms with Crippen molar-refractivity contribution in [2.75, 3.05) is 7.11 Å². The summed E-state index contributed by atoms with van der Waals surface area (Å²) in [7, 11) is 1.58. The van der Waals surface area contributed by atoms with Gasteiger partial charge in [-0.3, -0.25) is 0 Å². The fourth-order valence-electron chi connectivity index (χ4n) is 1.61. The molecule has 90 valence electrons. The molecule has 0 fully saturated rings. The Morgan fingerprint density at radius 3 is 2.83 bits per heavy atom. The van der Waals surface area contributed by atoms with Crippen LogP contribution in [0.1, 0.15) is 0 Å². The van der Waals surface area contributed by atoms with Crippen molar-refractivity contribution >= 4 is 21.8 Å². The summed E-state index contributed by atoms with van der Waals surface area (Å²) in [4.78, 5) is 13.4. The Morgan fingerprint density at radius 2 is 2.06 bits per heavy atom. The minimum absolute atomic E-state index is 0.162. The first-order chi connectivity index (χ1) is 8.78. The molecule has 0 spiro atoms. The number of hydrogen-bond donors (Lipinski definition) is 1. The molecule has 3 aromatic rings. The van der Waals surface area contributed by atoms with Crippen LogP contribution < -0.4 is 4.74 Å². The van der Waals surface area contributed by atoms with Gasteiger partial charge in [0.15, 0.2) is 10.5 Å². The van der Waals surface area contributed by atoms with E-state index in [-0.39, 0.29) is 5.75 Å². The van der Waals surface area contributed by atoms with Crippen LogP contribution in [0.5, 0.6) is 11.5 Å². The van der Waals surface area contributed by atoms with Gasteiger partial charge in [-0.1, -0.05) is 11.3 Å².